The molecule has 0 spiro atoms. The number of nitrogens with one attached hydrogen (secondary N) is 1. The molecule has 1 heterocycles. The third-order valence-corrected chi connectivity index (χ3v) is 3.36. The number of ether oxygens (including phenoxy) is 1. The highest BCUT2D eigenvalue weighted by Gasteiger charge is 2.31. The second-order valence-corrected chi connectivity index (χ2v) is 5.59. The summed E-state index contributed by atoms with van der Waals surface area (Å²) in [4.78, 5) is 2.12. The van der Waals surface area contributed by atoms with Crippen LogP contribution in [-0.2, 0) is 0 Å². The van der Waals surface area contributed by atoms with Crippen molar-refractivity contribution in [3.05, 3.63) is 24.3 Å². The number of rotatable bonds is 3. The van der Waals surface area contributed by atoms with Crippen LogP contribution in [0.1, 0.15) is 20.8 Å². The van der Waals surface area contributed by atoms with E-state index in [4.69, 9.17) is 0 Å². The Morgan fingerprint density at radius 3 is 2.74 bits per heavy atom. The van der Waals surface area contributed by atoms with Crippen LogP contribution in [0.25, 0.3) is 0 Å². The molecule has 2 rings (SSSR count). The van der Waals surface area contributed by atoms with Gasteiger partial charge >= 0.3 is 6.61 Å². The van der Waals surface area contributed by atoms with Crippen LogP contribution < -0.4 is 15.0 Å². The van der Waals surface area contributed by atoms with Crippen LogP contribution in [-0.4, -0.2) is 31.3 Å². The van der Waals surface area contributed by atoms with E-state index in [1.807, 2.05) is 12.1 Å². The van der Waals surface area contributed by atoms with Gasteiger partial charge in [-0.05, 0) is 32.9 Å². The zero-order chi connectivity index (χ0) is 14.0. The summed E-state index contributed by atoms with van der Waals surface area (Å²) in [5.74, 6) is 0.238. The fourth-order valence-electron chi connectivity index (χ4n) is 2.38. The molecule has 5 heteroatoms. The molecule has 1 aromatic rings. The van der Waals surface area contributed by atoms with Gasteiger partial charge in [-0.3, -0.25) is 0 Å². The first-order valence-electron chi connectivity index (χ1n) is 6.44. The Balaban J connectivity index is 2.29. The molecule has 1 unspecified atom stereocenters. The van der Waals surface area contributed by atoms with Crippen molar-refractivity contribution in [1.82, 2.24) is 5.32 Å². The van der Waals surface area contributed by atoms with Gasteiger partial charge in [-0.25, -0.2) is 0 Å². The number of benzene rings is 1. The Morgan fingerprint density at radius 1 is 1.37 bits per heavy atom. The molecule has 1 aromatic carbocycles. The van der Waals surface area contributed by atoms with Crippen molar-refractivity contribution in [3.63, 3.8) is 0 Å². The normalized spacial score (nSPS) is 22.6. The highest BCUT2D eigenvalue weighted by molar-refractivity contribution is 5.59. The van der Waals surface area contributed by atoms with E-state index < -0.39 is 6.61 Å². The number of hydrogen-bond acceptors (Lipinski definition) is 3. The Kier molecular flexibility index (Phi) is 3.94. The Labute approximate surface area is 112 Å². The summed E-state index contributed by atoms with van der Waals surface area (Å²) in [6.07, 6.45) is 0. The molecule has 1 aliphatic rings. The fraction of sp³-hybridized carbons (Fsp3) is 0.571. The minimum atomic E-state index is -2.80. The molecule has 1 saturated heterocycles. The SMILES string of the molecule is CC1CNC(C)(C)CN1c1ccccc1OC(F)F. The van der Waals surface area contributed by atoms with Crippen molar-refractivity contribution in [1.29, 1.82) is 0 Å². The molecule has 19 heavy (non-hydrogen) atoms. The Morgan fingerprint density at radius 2 is 2.05 bits per heavy atom. The van der Waals surface area contributed by atoms with Crippen LogP contribution in [0.3, 0.4) is 0 Å². The molecule has 1 N–H and O–H groups in total. The Hall–Kier alpha value is -1.36. The van der Waals surface area contributed by atoms with E-state index in [9.17, 15) is 8.78 Å². The van der Waals surface area contributed by atoms with Crippen molar-refractivity contribution < 1.29 is 13.5 Å². The van der Waals surface area contributed by atoms with Gasteiger partial charge in [0.2, 0.25) is 0 Å². The van der Waals surface area contributed by atoms with Gasteiger partial charge in [0.25, 0.3) is 0 Å². The predicted molar refractivity (Wildman–Crippen MR) is 72.0 cm³/mol. The highest BCUT2D eigenvalue weighted by atomic mass is 19.3. The van der Waals surface area contributed by atoms with Crippen molar-refractivity contribution in [3.8, 4) is 5.75 Å². The first-order chi connectivity index (χ1) is 8.89. The van der Waals surface area contributed by atoms with E-state index in [0.717, 1.165) is 18.8 Å². The van der Waals surface area contributed by atoms with E-state index >= 15 is 0 Å². The second kappa shape index (κ2) is 5.33. The summed E-state index contributed by atoms with van der Waals surface area (Å²) < 4.78 is 29.5. The van der Waals surface area contributed by atoms with Crippen LogP contribution in [0.15, 0.2) is 24.3 Å². The molecule has 0 aliphatic carbocycles. The van der Waals surface area contributed by atoms with Gasteiger partial charge in [0.1, 0.15) is 5.75 Å². The zero-order valence-electron chi connectivity index (χ0n) is 11.5. The third-order valence-electron chi connectivity index (χ3n) is 3.36. The van der Waals surface area contributed by atoms with Gasteiger partial charge in [0.15, 0.2) is 0 Å². The van der Waals surface area contributed by atoms with Crippen molar-refractivity contribution in [2.24, 2.45) is 0 Å². The minimum Gasteiger partial charge on any atom is -0.433 e. The zero-order valence-corrected chi connectivity index (χ0v) is 11.5. The van der Waals surface area contributed by atoms with Crippen LogP contribution >= 0.6 is 0 Å². The average molecular weight is 270 g/mol. The number of halogens is 2. The van der Waals surface area contributed by atoms with Gasteiger partial charge in [0.05, 0.1) is 5.69 Å². The van der Waals surface area contributed by atoms with Crippen LogP contribution in [0.4, 0.5) is 14.5 Å². The maximum atomic E-state index is 12.5. The first kappa shape index (κ1) is 14.1. The summed E-state index contributed by atoms with van der Waals surface area (Å²) >= 11 is 0. The summed E-state index contributed by atoms with van der Waals surface area (Å²) in [7, 11) is 0. The van der Waals surface area contributed by atoms with E-state index in [2.05, 4.69) is 35.7 Å². The van der Waals surface area contributed by atoms with Crippen molar-refractivity contribution in [2.75, 3.05) is 18.0 Å². The van der Waals surface area contributed by atoms with E-state index in [-0.39, 0.29) is 17.3 Å². The van der Waals surface area contributed by atoms with Crippen molar-refractivity contribution in [2.45, 2.75) is 39.0 Å². The van der Waals surface area contributed by atoms with E-state index in [1.54, 1.807) is 12.1 Å². The number of anilines is 1. The van der Waals surface area contributed by atoms with Gasteiger partial charge in [0, 0.05) is 24.7 Å². The summed E-state index contributed by atoms with van der Waals surface area (Å²) in [6, 6.07) is 7.20. The average Bonchev–Trinajstić information content (AvgIpc) is 2.32. The van der Waals surface area contributed by atoms with E-state index in [0.29, 0.717) is 0 Å². The molecule has 0 bridgehead atoms. The topological polar surface area (TPSA) is 24.5 Å². The number of hydrogen-bond donors (Lipinski definition) is 1. The molecule has 0 radical (unpaired) electrons. The number of piperazine rings is 1. The molecule has 0 saturated carbocycles. The second-order valence-electron chi connectivity index (χ2n) is 5.59. The highest BCUT2D eigenvalue weighted by Crippen LogP contribution is 2.33. The lowest BCUT2D eigenvalue weighted by atomic mass is 9.98. The lowest BCUT2D eigenvalue weighted by Gasteiger charge is -2.45. The number of alkyl halides is 2. The predicted octanol–water partition coefficient (Wildman–Crippen LogP) is 2.86. The molecule has 1 atom stereocenters. The number of para-hydroxylation sites is 2. The van der Waals surface area contributed by atoms with Gasteiger partial charge in [-0.15, -0.1) is 0 Å². The number of nitrogens with zero attached hydrogens (tertiary/aromatic N) is 1. The maximum Gasteiger partial charge on any atom is 0.387 e. The Bertz CT molecular complexity index is 437. The van der Waals surface area contributed by atoms with Gasteiger partial charge < -0.3 is 15.0 Å². The van der Waals surface area contributed by atoms with Crippen LogP contribution in [0, 0.1) is 0 Å². The maximum absolute atomic E-state index is 12.5. The molecule has 106 valence electrons. The lowest BCUT2D eigenvalue weighted by Crippen LogP contribution is -2.61. The van der Waals surface area contributed by atoms with Crippen LogP contribution in [0.2, 0.25) is 0 Å². The van der Waals surface area contributed by atoms with Crippen molar-refractivity contribution >= 4 is 5.69 Å². The summed E-state index contributed by atoms with van der Waals surface area (Å²) in [6.45, 7) is 5.03. The standard InChI is InChI=1S/C14H20F2N2O/c1-10-8-17-14(2,3)9-18(10)11-6-4-5-7-12(11)19-13(15)16/h4-7,10,13,17H,8-9H2,1-3H3. The van der Waals surface area contributed by atoms with Gasteiger partial charge in [-0.2, -0.15) is 8.78 Å². The molecule has 1 aliphatic heterocycles. The lowest BCUT2D eigenvalue weighted by molar-refractivity contribution is -0.0495. The molecule has 1 fully saturated rings. The smallest absolute Gasteiger partial charge is 0.387 e. The van der Waals surface area contributed by atoms with Crippen LogP contribution in [0.5, 0.6) is 5.75 Å². The molecule has 0 amide bonds. The quantitative estimate of drug-likeness (QED) is 0.914. The van der Waals surface area contributed by atoms with Gasteiger partial charge in [-0.1, -0.05) is 12.1 Å². The fourth-order valence-corrected chi connectivity index (χ4v) is 2.38. The summed E-state index contributed by atoms with van der Waals surface area (Å²) in [5, 5.41) is 3.44. The minimum absolute atomic E-state index is 0.0511. The third kappa shape index (κ3) is 3.35. The molecule has 0 aromatic heterocycles. The largest absolute Gasteiger partial charge is 0.433 e. The molecular formula is C14H20F2N2O. The molecule has 3 nitrogen and oxygen atoms in total. The van der Waals surface area contributed by atoms with E-state index in [1.165, 1.54) is 0 Å². The monoisotopic (exact) mass is 270 g/mol. The summed E-state index contributed by atoms with van der Waals surface area (Å²) in [5.41, 5.74) is 0.676. The molecular weight excluding hydrogens is 250 g/mol. The first-order valence-corrected chi connectivity index (χ1v) is 6.44.